The fraction of sp³-hybridized carbons (Fsp3) is 0.280. The minimum atomic E-state index is -0.103. The number of para-hydroxylation sites is 2. The lowest BCUT2D eigenvalue weighted by molar-refractivity contribution is -0.121. The molecule has 0 bridgehead atoms. The Bertz CT molecular complexity index is 1290. The van der Waals surface area contributed by atoms with E-state index in [1.807, 2.05) is 67.6 Å². The summed E-state index contributed by atoms with van der Waals surface area (Å²) >= 11 is 0. The van der Waals surface area contributed by atoms with Crippen molar-refractivity contribution in [2.45, 2.75) is 39.4 Å². The van der Waals surface area contributed by atoms with Crippen LogP contribution >= 0.6 is 0 Å². The smallest absolute Gasteiger partial charge is 0.329 e. The number of carbonyl (C=O) groups is 1. The minimum absolute atomic E-state index is 0.0634. The van der Waals surface area contributed by atoms with E-state index in [9.17, 15) is 9.59 Å². The van der Waals surface area contributed by atoms with E-state index in [2.05, 4.69) is 5.32 Å². The molecule has 0 atom stereocenters. The maximum atomic E-state index is 12.9. The first kappa shape index (κ1) is 20.7. The Morgan fingerprint density at radius 2 is 1.61 bits per heavy atom. The Kier molecular flexibility index (Phi) is 6.07. The van der Waals surface area contributed by atoms with Gasteiger partial charge in [-0.25, -0.2) is 4.79 Å². The van der Waals surface area contributed by atoms with Crippen molar-refractivity contribution >= 4 is 27.7 Å². The second-order valence-electron chi connectivity index (χ2n) is 7.57. The van der Waals surface area contributed by atoms with Crippen molar-refractivity contribution in [1.29, 1.82) is 0 Å². The predicted molar refractivity (Wildman–Crippen MR) is 123 cm³/mol. The van der Waals surface area contributed by atoms with Crippen molar-refractivity contribution in [3.63, 3.8) is 0 Å². The highest BCUT2D eigenvalue weighted by molar-refractivity contribution is 5.88. The van der Waals surface area contributed by atoms with E-state index < -0.39 is 0 Å². The van der Waals surface area contributed by atoms with Gasteiger partial charge in [0.2, 0.25) is 5.91 Å². The number of aromatic nitrogens is 2. The first-order valence-corrected chi connectivity index (χ1v) is 10.6. The molecule has 1 aromatic heterocycles. The molecule has 1 N–H and O–H groups in total. The van der Waals surface area contributed by atoms with Crippen LogP contribution in [-0.2, 0) is 24.4 Å². The van der Waals surface area contributed by atoms with E-state index in [0.29, 0.717) is 19.6 Å². The van der Waals surface area contributed by atoms with Crippen molar-refractivity contribution in [1.82, 2.24) is 14.5 Å². The van der Waals surface area contributed by atoms with Gasteiger partial charge in [-0.05, 0) is 35.4 Å². The molecule has 0 saturated heterocycles. The molecule has 1 heterocycles. The molecular weight excluding hydrogens is 390 g/mol. The third-order valence-electron chi connectivity index (χ3n) is 5.61. The van der Waals surface area contributed by atoms with E-state index in [0.717, 1.165) is 39.5 Å². The summed E-state index contributed by atoms with van der Waals surface area (Å²) in [6.45, 7) is 3.43. The molecule has 0 unspecified atom stereocenters. The van der Waals surface area contributed by atoms with Gasteiger partial charge >= 0.3 is 5.69 Å². The van der Waals surface area contributed by atoms with Crippen LogP contribution in [0.15, 0.2) is 65.5 Å². The Morgan fingerprint density at radius 1 is 0.935 bits per heavy atom. The molecule has 0 aliphatic heterocycles. The lowest BCUT2D eigenvalue weighted by Crippen LogP contribution is -2.28. The number of rotatable bonds is 8. The average molecular weight is 418 g/mol. The van der Waals surface area contributed by atoms with Gasteiger partial charge in [-0.15, -0.1) is 0 Å². The number of nitrogens with zero attached hydrogens (tertiary/aromatic N) is 2. The van der Waals surface area contributed by atoms with Crippen LogP contribution in [0.25, 0.3) is 21.8 Å². The standard InChI is InChI=1S/C25H27N3O3/c1-3-15-27-21-10-6-7-11-22(21)28(25(27)30)16-14-24(29)26-17-20-19-9-5-4-8-18(19)12-13-23(20)31-2/h4-13H,3,14-17H2,1-2H3,(H,26,29). The van der Waals surface area contributed by atoms with Crippen LogP contribution < -0.4 is 15.7 Å². The second kappa shape index (κ2) is 9.08. The van der Waals surface area contributed by atoms with Crippen molar-refractivity contribution < 1.29 is 9.53 Å². The van der Waals surface area contributed by atoms with Crippen LogP contribution in [-0.4, -0.2) is 22.2 Å². The van der Waals surface area contributed by atoms with Crippen LogP contribution in [0.1, 0.15) is 25.3 Å². The van der Waals surface area contributed by atoms with Crippen molar-refractivity contribution in [3.05, 3.63) is 76.7 Å². The van der Waals surface area contributed by atoms with Gasteiger partial charge in [-0.2, -0.15) is 0 Å². The average Bonchev–Trinajstić information content (AvgIpc) is 3.07. The summed E-state index contributed by atoms with van der Waals surface area (Å²) in [5, 5.41) is 5.15. The molecule has 6 heteroatoms. The van der Waals surface area contributed by atoms with Gasteiger partial charge in [-0.1, -0.05) is 49.4 Å². The normalized spacial score (nSPS) is 11.2. The summed E-state index contributed by atoms with van der Waals surface area (Å²) in [6.07, 6.45) is 1.11. The Balaban J connectivity index is 1.50. The molecule has 4 rings (SSSR count). The van der Waals surface area contributed by atoms with E-state index in [1.165, 1.54) is 0 Å². The van der Waals surface area contributed by atoms with Gasteiger partial charge in [0.25, 0.3) is 0 Å². The van der Waals surface area contributed by atoms with Crippen LogP contribution in [0.5, 0.6) is 5.75 Å². The van der Waals surface area contributed by atoms with Crippen LogP contribution in [0.4, 0.5) is 0 Å². The minimum Gasteiger partial charge on any atom is -0.496 e. The first-order valence-electron chi connectivity index (χ1n) is 10.6. The van der Waals surface area contributed by atoms with Crippen LogP contribution in [0, 0.1) is 0 Å². The molecular formula is C25H27N3O3. The van der Waals surface area contributed by atoms with E-state index in [-0.39, 0.29) is 18.0 Å². The summed E-state index contributed by atoms with van der Waals surface area (Å²) in [7, 11) is 1.63. The number of nitrogens with one attached hydrogen (secondary N) is 1. The molecule has 0 aliphatic carbocycles. The third-order valence-corrected chi connectivity index (χ3v) is 5.61. The molecule has 0 spiro atoms. The largest absolute Gasteiger partial charge is 0.496 e. The zero-order valence-corrected chi connectivity index (χ0v) is 17.9. The Labute approximate surface area is 181 Å². The predicted octanol–water partition coefficient (Wildman–Crippen LogP) is 4.08. The van der Waals surface area contributed by atoms with Crippen molar-refractivity contribution in [2.75, 3.05) is 7.11 Å². The van der Waals surface area contributed by atoms with E-state index >= 15 is 0 Å². The number of carbonyl (C=O) groups excluding carboxylic acids is 1. The Morgan fingerprint density at radius 3 is 2.32 bits per heavy atom. The lowest BCUT2D eigenvalue weighted by Gasteiger charge is -2.13. The number of imidazole rings is 1. The van der Waals surface area contributed by atoms with E-state index in [4.69, 9.17) is 4.74 Å². The maximum absolute atomic E-state index is 12.9. The van der Waals surface area contributed by atoms with Gasteiger partial charge in [0, 0.05) is 31.6 Å². The van der Waals surface area contributed by atoms with E-state index in [1.54, 1.807) is 16.2 Å². The van der Waals surface area contributed by atoms with Gasteiger partial charge in [-0.3, -0.25) is 13.9 Å². The highest BCUT2D eigenvalue weighted by Gasteiger charge is 2.14. The number of methoxy groups -OCH3 is 1. The van der Waals surface area contributed by atoms with Gasteiger partial charge in [0.05, 0.1) is 18.1 Å². The number of aryl methyl sites for hydroxylation is 2. The molecule has 31 heavy (non-hydrogen) atoms. The molecule has 1 amide bonds. The SMILES string of the molecule is CCCn1c(=O)n(CCC(=O)NCc2c(OC)ccc3ccccc23)c2ccccc21. The van der Waals surface area contributed by atoms with Crippen molar-refractivity contribution in [3.8, 4) is 5.75 Å². The first-order chi connectivity index (χ1) is 15.1. The van der Waals surface area contributed by atoms with Gasteiger partial charge < -0.3 is 10.1 Å². The highest BCUT2D eigenvalue weighted by atomic mass is 16.5. The number of ether oxygens (including phenoxy) is 1. The fourth-order valence-corrected chi connectivity index (χ4v) is 4.11. The molecule has 4 aromatic rings. The number of hydrogen-bond acceptors (Lipinski definition) is 3. The number of hydrogen-bond donors (Lipinski definition) is 1. The molecule has 3 aromatic carbocycles. The molecule has 0 fully saturated rings. The second-order valence-corrected chi connectivity index (χ2v) is 7.57. The number of amides is 1. The van der Waals surface area contributed by atoms with Crippen LogP contribution in [0.2, 0.25) is 0 Å². The fourth-order valence-electron chi connectivity index (χ4n) is 4.11. The number of benzene rings is 3. The quantitative estimate of drug-likeness (QED) is 0.470. The Hall–Kier alpha value is -3.54. The van der Waals surface area contributed by atoms with Crippen LogP contribution in [0.3, 0.4) is 0 Å². The van der Waals surface area contributed by atoms with Gasteiger partial charge in [0.1, 0.15) is 5.75 Å². The highest BCUT2D eigenvalue weighted by Crippen LogP contribution is 2.27. The molecule has 0 saturated carbocycles. The van der Waals surface area contributed by atoms with Crippen molar-refractivity contribution in [2.24, 2.45) is 0 Å². The zero-order chi connectivity index (χ0) is 21.8. The summed E-state index contributed by atoms with van der Waals surface area (Å²) in [5.74, 6) is 0.645. The summed E-state index contributed by atoms with van der Waals surface area (Å²) in [4.78, 5) is 25.5. The topological polar surface area (TPSA) is 65.3 Å². The molecule has 0 radical (unpaired) electrons. The lowest BCUT2D eigenvalue weighted by atomic mass is 10.0. The monoisotopic (exact) mass is 417 g/mol. The molecule has 0 aliphatic rings. The maximum Gasteiger partial charge on any atom is 0.329 e. The summed E-state index contributed by atoms with van der Waals surface area (Å²) in [6, 6.07) is 19.7. The number of fused-ring (bicyclic) bond motifs is 2. The third kappa shape index (κ3) is 4.06. The summed E-state index contributed by atoms with van der Waals surface area (Å²) in [5.41, 5.74) is 2.66. The molecule has 6 nitrogen and oxygen atoms in total. The zero-order valence-electron chi connectivity index (χ0n) is 17.9. The summed E-state index contributed by atoms with van der Waals surface area (Å²) < 4.78 is 8.99. The molecule has 160 valence electrons. The van der Waals surface area contributed by atoms with Gasteiger partial charge in [0.15, 0.2) is 0 Å².